The van der Waals surface area contributed by atoms with Gasteiger partial charge in [0.05, 0.1) is 0 Å². The van der Waals surface area contributed by atoms with E-state index in [-0.39, 0.29) is 19.6 Å². The molecule has 1 aliphatic rings. The van der Waals surface area contributed by atoms with Crippen LogP contribution in [-0.4, -0.2) is 47.4 Å². The van der Waals surface area contributed by atoms with Crippen LogP contribution in [0.15, 0.2) is 24.3 Å². The van der Waals surface area contributed by atoms with Crippen molar-refractivity contribution in [2.24, 2.45) is 0 Å². The number of aliphatic carboxylic acids is 1. The molecule has 1 amide bonds. The summed E-state index contributed by atoms with van der Waals surface area (Å²) in [6.45, 7) is 0.137. The van der Waals surface area contributed by atoms with E-state index in [9.17, 15) is 9.59 Å². The van der Waals surface area contributed by atoms with Crippen molar-refractivity contribution in [2.45, 2.75) is 18.6 Å². The maximum atomic E-state index is 11.8. The molecule has 0 fully saturated rings. The van der Waals surface area contributed by atoms with Gasteiger partial charge in [-0.05, 0) is 12.1 Å². The summed E-state index contributed by atoms with van der Waals surface area (Å²) in [7, 11) is 0. The number of benzene rings is 1. The molecule has 0 saturated heterocycles. The van der Waals surface area contributed by atoms with E-state index < -0.39 is 24.1 Å². The largest absolute Gasteiger partial charge is 0.485 e. The average Bonchev–Trinajstić information content (AvgIpc) is 2.46. The second-order valence-corrected chi connectivity index (χ2v) is 4.30. The summed E-state index contributed by atoms with van der Waals surface area (Å²) in [5.74, 6) is -0.648. The predicted molar refractivity (Wildman–Crippen MR) is 67.6 cm³/mol. The smallest absolute Gasteiger partial charge is 0.332 e. The van der Waals surface area contributed by atoms with Crippen molar-refractivity contribution in [3.63, 3.8) is 0 Å². The van der Waals surface area contributed by atoms with Gasteiger partial charge in [0.25, 0.3) is 5.91 Å². The zero-order valence-corrected chi connectivity index (χ0v) is 10.6. The minimum atomic E-state index is -1.49. The van der Waals surface area contributed by atoms with Crippen molar-refractivity contribution in [1.29, 1.82) is 0 Å². The molecule has 2 rings (SSSR count). The first-order chi connectivity index (χ1) is 9.58. The monoisotopic (exact) mass is 281 g/mol. The molecule has 2 atom stereocenters. The molecule has 20 heavy (non-hydrogen) atoms. The molecular formula is C13H15NO6. The lowest BCUT2D eigenvalue weighted by Crippen LogP contribution is -2.44. The molecule has 108 valence electrons. The lowest BCUT2D eigenvalue weighted by Gasteiger charge is -2.25. The third kappa shape index (κ3) is 3.39. The van der Waals surface area contributed by atoms with Gasteiger partial charge in [-0.2, -0.15) is 0 Å². The molecule has 1 aliphatic heterocycles. The summed E-state index contributed by atoms with van der Waals surface area (Å²) >= 11 is 0. The van der Waals surface area contributed by atoms with Crippen LogP contribution in [0.3, 0.4) is 0 Å². The molecule has 0 saturated carbocycles. The number of rotatable bonds is 5. The van der Waals surface area contributed by atoms with Crippen LogP contribution < -0.4 is 14.8 Å². The van der Waals surface area contributed by atoms with E-state index in [0.29, 0.717) is 11.5 Å². The summed E-state index contributed by atoms with van der Waals surface area (Å²) in [6.07, 6.45) is -2.34. The Morgan fingerprint density at radius 1 is 1.35 bits per heavy atom. The van der Waals surface area contributed by atoms with Gasteiger partial charge in [0.1, 0.15) is 6.61 Å². The van der Waals surface area contributed by atoms with E-state index >= 15 is 0 Å². The van der Waals surface area contributed by atoms with Gasteiger partial charge >= 0.3 is 5.97 Å². The van der Waals surface area contributed by atoms with Gasteiger partial charge in [-0.15, -0.1) is 0 Å². The number of carbonyl (C=O) groups excluding carboxylic acids is 1. The first-order valence-corrected chi connectivity index (χ1v) is 6.15. The molecule has 7 nitrogen and oxygen atoms in total. The highest BCUT2D eigenvalue weighted by Gasteiger charge is 2.27. The van der Waals surface area contributed by atoms with E-state index in [1.165, 1.54) is 0 Å². The number of fused-ring (bicyclic) bond motifs is 1. The van der Waals surface area contributed by atoms with Crippen LogP contribution in [0, 0.1) is 0 Å². The molecule has 1 aromatic carbocycles. The first-order valence-electron chi connectivity index (χ1n) is 6.15. The fourth-order valence-electron chi connectivity index (χ4n) is 1.72. The highest BCUT2D eigenvalue weighted by Crippen LogP contribution is 2.30. The number of carbonyl (C=O) groups is 2. The SMILES string of the molecule is O=C(NCC[C@H](O)C(=O)O)C1COc2ccccc2O1. The number of carboxylic acid groups (broad SMARTS) is 1. The van der Waals surface area contributed by atoms with Crippen LogP contribution in [0.2, 0.25) is 0 Å². The van der Waals surface area contributed by atoms with Gasteiger partial charge in [-0.3, -0.25) is 4.79 Å². The first kappa shape index (κ1) is 14.1. The molecule has 1 heterocycles. The number of nitrogens with one attached hydrogen (secondary N) is 1. The molecule has 3 N–H and O–H groups in total. The Kier molecular flexibility index (Phi) is 4.41. The van der Waals surface area contributed by atoms with Gasteiger partial charge in [-0.25, -0.2) is 4.79 Å². The Bertz CT molecular complexity index is 503. The molecule has 0 radical (unpaired) electrons. The molecule has 0 aliphatic carbocycles. The minimum absolute atomic E-state index is 0.0494. The third-order valence-electron chi connectivity index (χ3n) is 2.80. The molecule has 0 spiro atoms. The van der Waals surface area contributed by atoms with Crippen molar-refractivity contribution in [3.05, 3.63) is 24.3 Å². The molecule has 1 aromatic rings. The van der Waals surface area contributed by atoms with Crippen LogP contribution in [0.4, 0.5) is 0 Å². The molecule has 0 aromatic heterocycles. The quantitative estimate of drug-likeness (QED) is 0.689. The highest BCUT2D eigenvalue weighted by atomic mass is 16.6. The second kappa shape index (κ2) is 6.25. The Hall–Kier alpha value is -2.28. The maximum absolute atomic E-state index is 11.8. The van der Waals surface area contributed by atoms with Gasteiger partial charge < -0.3 is 25.0 Å². The van der Waals surface area contributed by atoms with E-state index in [1.807, 2.05) is 0 Å². The lowest BCUT2D eigenvalue weighted by molar-refractivity contribution is -0.147. The van der Waals surface area contributed by atoms with Gasteiger partial charge in [-0.1, -0.05) is 12.1 Å². The maximum Gasteiger partial charge on any atom is 0.332 e. The molecule has 0 bridgehead atoms. The summed E-state index contributed by atoms with van der Waals surface area (Å²) < 4.78 is 10.9. The summed E-state index contributed by atoms with van der Waals surface area (Å²) in [4.78, 5) is 22.2. The number of hydrogen-bond acceptors (Lipinski definition) is 5. The van der Waals surface area contributed by atoms with Crippen LogP contribution in [0.25, 0.3) is 0 Å². The zero-order chi connectivity index (χ0) is 14.5. The Balaban J connectivity index is 1.81. The number of carboxylic acids is 1. The number of ether oxygens (including phenoxy) is 2. The molecule has 1 unspecified atom stereocenters. The van der Waals surface area contributed by atoms with Crippen LogP contribution in [0.1, 0.15) is 6.42 Å². The number of aliphatic hydroxyl groups excluding tert-OH is 1. The van der Waals surface area contributed by atoms with Gasteiger partial charge in [0.15, 0.2) is 17.6 Å². The van der Waals surface area contributed by atoms with Crippen molar-refractivity contribution in [1.82, 2.24) is 5.32 Å². The third-order valence-corrected chi connectivity index (χ3v) is 2.80. The number of hydrogen-bond donors (Lipinski definition) is 3. The standard InChI is InChI=1S/C13H15NO6/c15-8(13(17)18)5-6-14-12(16)11-7-19-9-3-1-2-4-10(9)20-11/h1-4,8,11,15H,5-7H2,(H,14,16)(H,17,18)/t8-,11?/m0/s1. The van der Waals surface area contributed by atoms with Crippen LogP contribution >= 0.6 is 0 Å². The van der Waals surface area contributed by atoms with E-state index in [4.69, 9.17) is 19.7 Å². The predicted octanol–water partition coefficient (Wildman–Crippen LogP) is -0.222. The number of amides is 1. The minimum Gasteiger partial charge on any atom is -0.485 e. The second-order valence-electron chi connectivity index (χ2n) is 4.30. The zero-order valence-electron chi connectivity index (χ0n) is 10.6. The van der Waals surface area contributed by atoms with Crippen LogP contribution in [0.5, 0.6) is 11.5 Å². The van der Waals surface area contributed by atoms with Crippen molar-refractivity contribution < 1.29 is 29.3 Å². The van der Waals surface area contributed by atoms with Gasteiger partial charge in [0.2, 0.25) is 6.10 Å². The number of para-hydroxylation sites is 2. The van der Waals surface area contributed by atoms with E-state index in [0.717, 1.165) is 0 Å². The molecular weight excluding hydrogens is 266 g/mol. The van der Waals surface area contributed by atoms with Crippen molar-refractivity contribution >= 4 is 11.9 Å². The van der Waals surface area contributed by atoms with Crippen LogP contribution in [-0.2, 0) is 9.59 Å². The highest BCUT2D eigenvalue weighted by molar-refractivity contribution is 5.81. The fraction of sp³-hybridized carbons (Fsp3) is 0.385. The summed E-state index contributed by atoms with van der Waals surface area (Å²) in [6, 6.07) is 7.01. The topological polar surface area (TPSA) is 105 Å². The van der Waals surface area contributed by atoms with E-state index in [2.05, 4.69) is 5.32 Å². The number of aliphatic hydroxyl groups is 1. The summed E-state index contributed by atoms with van der Waals surface area (Å²) in [5.41, 5.74) is 0. The average molecular weight is 281 g/mol. The fourth-order valence-corrected chi connectivity index (χ4v) is 1.72. The van der Waals surface area contributed by atoms with Gasteiger partial charge in [0, 0.05) is 13.0 Å². The van der Waals surface area contributed by atoms with E-state index in [1.54, 1.807) is 24.3 Å². The Morgan fingerprint density at radius 2 is 2.05 bits per heavy atom. The normalized spacial score (nSPS) is 18.1. The Morgan fingerprint density at radius 3 is 2.75 bits per heavy atom. The lowest BCUT2D eigenvalue weighted by atomic mass is 10.2. The summed E-state index contributed by atoms with van der Waals surface area (Å²) in [5, 5.41) is 20.1. The van der Waals surface area contributed by atoms with Crippen molar-refractivity contribution in [2.75, 3.05) is 13.2 Å². The van der Waals surface area contributed by atoms with Crippen molar-refractivity contribution in [3.8, 4) is 11.5 Å². The Labute approximate surface area is 115 Å². The molecule has 7 heteroatoms.